The Kier molecular flexibility index (Phi) is 7.91. The van der Waals surface area contributed by atoms with E-state index in [4.69, 9.17) is 16.0 Å². The first-order chi connectivity index (χ1) is 15.4. The number of anilines is 1. The van der Waals surface area contributed by atoms with Crippen molar-refractivity contribution >= 4 is 76.9 Å². The molecule has 0 fully saturated rings. The minimum absolute atomic E-state index is 0.0612. The molecule has 3 rings (SSSR count). The van der Waals surface area contributed by atoms with Gasteiger partial charge in [-0.2, -0.15) is 4.98 Å². The molecule has 0 atom stereocenters. The smallest absolute Gasteiger partial charge is 0.255 e. The molecule has 0 unspecified atom stereocenters. The van der Waals surface area contributed by atoms with Gasteiger partial charge in [-0.25, -0.2) is 16.8 Å². The average molecular weight is 626 g/mol. The van der Waals surface area contributed by atoms with Crippen LogP contribution in [-0.4, -0.2) is 52.5 Å². The molecule has 0 bridgehead atoms. The molecule has 0 saturated heterocycles. The van der Waals surface area contributed by atoms with E-state index < -0.39 is 19.9 Å². The van der Waals surface area contributed by atoms with Crippen LogP contribution in [0.3, 0.4) is 0 Å². The molecule has 0 saturated carbocycles. The van der Waals surface area contributed by atoms with Gasteiger partial charge in [-0.3, -0.25) is 9.52 Å². The number of carbonyl (C=O) groups is 1. The molecule has 3 aromatic rings. The number of carbonyl (C=O) groups excluding carboxylic acids is 1. The Labute approximate surface area is 210 Å². The van der Waals surface area contributed by atoms with E-state index >= 15 is 0 Å². The quantitative estimate of drug-likeness (QED) is 0.274. The number of benzene rings is 1. The van der Waals surface area contributed by atoms with E-state index in [1.54, 1.807) is 30.3 Å². The molecule has 0 aliphatic carbocycles. The normalized spacial score (nSPS) is 12.1. The zero-order valence-electron chi connectivity index (χ0n) is 17.7. The number of rotatable bonds is 9. The summed E-state index contributed by atoms with van der Waals surface area (Å²) in [5.74, 6) is -0.366. The Morgan fingerprint density at radius 2 is 1.76 bits per heavy atom. The summed E-state index contributed by atoms with van der Waals surface area (Å²) in [6.07, 6.45) is 1.53. The third-order valence-electron chi connectivity index (χ3n) is 4.63. The Morgan fingerprint density at radius 1 is 1.12 bits per heavy atom. The van der Waals surface area contributed by atoms with E-state index in [0.29, 0.717) is 19.5 Å². The highest BCUT2D eigenvalue weighted by atomic mass is 127. The van der Waals surface area contributed by atoms with Gasteiger partial charge in [0.2, 0.25) is 15.7 Å². The van der Waals surface area contributed by atoms with E-state index in [0.717, 1.165) is 6.26 Å². The van der Waals surface area contributed by atoms with Crippen molar-refractivity contribution < 1.29 is 26.0 Å². The summed E-state index contributed by atoms with van der Waals surface area (Å²) < 4.78 is 56.2. The molecule has 0 spiro atoms. The first kappa shape index (κ1) is 25.7. The van der Waals surface area contributed by atoms with Gasteiger partial charge in [0.05, 0.1) is 20.3 Å². The third-order valence-corrected chi connectivity index (χ3v) is 8.06. The molecule has 1 amide bonds. The number of nitrogens with zero attached hydrogens (tertiary/aromatic N) is 1. The molecule has 0 aliphatic heterocycles. The van der Waals surface area contributed by atoms with Gasteiger partial charge >= 0.3 is 0 Å². The lowest BCUT2D eigenvalue weighted by Gasteiger charge is -2.09. The maximum Gasteiger partial charge on any atom is 0.255 e. The lowest BCUT2D eigenvalue weighted by atomic mass is 10.1. The number of fused-ring (bicyclic) bond motifs is 1. The minimum atomic E-state index is -3.77. The van der Waals surface area contributed by atoms with Crippen LogP contribution in [0.25, 0.3) is 22.4 Å². The number of hydrogen-bond acceptors (Lipinski definition) is 7. The topological polar surface area (TPSA) is 135 Å². The van der Waals surface area contributed by atoms with Gasteiger partial charge in [-0.1, -0.05) is 11.6 Å². The maximum absolute atomic E-state index is 12.6. The predicted octanol–water partition coefficient (Wildman–Crippen LogP) is 3.68. The summed E-state index contributed by atoms with van der Waals surface area (Å²) in [6, 6.07) is 8.36. The number of hydrogen-bond donors (Lipinski definition) is 2. The number of aromatic nitrogens is 1. The molecule has 13 heteroatoms. The number of unbranched alkanes of at least 4 members (excludes halogenated alkanes) is 1. The maximum atomic E-state index is 12.6. The van der Waals surface area contributed by atoms with Crippen LogP contribution in [0, 0.1) is 3.57 Å². The van der Waals surface area contributed by atoms with Gasteiger partial charge in [0, 0.05) is 29.6 Å². The van der Waals surface area contributed by atoms with Crippen LogP contribution in [0.5, 0.6) is 0 Å². The van der Waals surface area contributed by atoms with Crippen molar-refractivity contribution in [3.8, 4) is 11.3 Å². The fraction of sp³-hybridized carbons (Fsp3) is 0.300. The van der Waals surface area contributed by atoms with Crippen LogP contribution >= 0.6 is 34.2 Å². The van der Waals surface area contributed by atoms with Crippen LogP contribution < -0.4 is 10.0 Å². The Balaban J connectivity index is 1.95. The Hall–Kier alpha value is -1.90. The molecule has 33 heavy (non-hydrogen) atoms. The number of halogens is 2. The van der Waals surface area contributed by atoms with E-state index in [1.165, 1.54) is 7.05 Å². The monoisotopic (exact) mass is 625 g/mol. The lowest BCUT2D eigenvalue weighted by molar-refractivity contribution is 0.0964. The van der Waals surface area contributed by atoms with Crippen molar-refractivity contribution in [2.24, 2.45) is 0 Å². The zero-order valence-corrected chi connectivity index (χ0v) is 22.2. The molecular formula is C20H21ClIN3O6S2. The van der Waals surface area contributed by atoms with E-state index in [9.17, 15) is 21.6 Å². The molecular weight excluding hydrogens is 605 g/mol. The highest BCUT2D eigenvalue weighted by molar-refractivity contribution is 14.1. The second kappa shape index (κ2) is 10.2. The van der Waals surface area contributed by atoms with Gasteiger partial charge < -0.3 is 9.73 Å². The number of sulfone groups is 1. The number of nitrogens with one attached hydrogen (secondary N) is 2. The van der Waals surface area contributed by atoms with Crippen molar-refractivity contribution in [1.82, 2.24) is 10.3 Å². The van der Waals surface area contributed by atoms with Crippen molar-refractivity contribution in [3.63, 3.8) is 0 Å². The van der Waals surface area contributed by atoms with Crippen molar-refractivity contribution in [3.05, 3.63) is 44.5 Å². The fourth-order valence-corrected chi connectivity index (χ4v) is 5.82. The molecule has 0 radical (unpaired) electrons. The third kappa shape index (κ3) is 6.58. The SMILES string of the molecule is CNC(=O)c1c(-c2ccc(Cl)cc2)oc2nc(NS(=O)(=O)CCCCS(C)(=O)=O)c(I)cc12. The largest absolute Gasteiger partial charge is 0.437 e. The molecule has 1 aromatic carbocycles. The molecule has 178 valence electrons. The second-order valence-electron chi connectivity index (χ2n) is 7.32. The second-order valence-corrected chi connectivity index (χ2v) is 13.0. The van der Waals surface area contributed by atoms with Crippen LogP contribution in [-0.2, 0) is 19.9 Å². The summed E-state index contributed by atoms with van der Waals surface area (Å²) in [7, 11) is -5.42. The molecule has 2 aromatic heterocycles. The van der Waals surface area contributed by atoms with Gasteiger partial charge in [-0.05, 0) is 65.8 Å². The van der Waals surface area contributed by atoms with E-state index in [-0.39, 0.29) is 53.1 Å². The first-order valence-electron chi connectivity index (χ1n) is 9.69. The van der Waals surface area contributed by atoms with Gasteiger partial charge in [0.1, 0.15) is 15.6 Å². The number of furan rings is 1. The summed E-state index contributed by atoms with van der Waals surface area (Å²) in [6.45, 7) is 0. The minimum Gasteiger partial charge on any atom is -0.437 e. The van der Waals surface area contributed by atoms with E-state index in [2.05, 4.69) is 15.0 Å². The van der Waals surface area contributed by atoms with Gasteiger partial charge in [0.25, 0.3) is 5.91 Å². The zero-order chi connectivity index (χ0) is 24.4. The highest BCUT2D eigenvalue weighted by Gasteiger charge is 2.24. The van der Waals surface area contributed by atoms with E-state index in [1.807, 2.05) is 22.6 Å². The number of sulfonamides is 1. The summed E-state index contributed by atoms with van der Waals surface area (Å²) >= 11 is 7.88. The van der Waals surface area contributed by atoms with Crippen molar-refractivity contribution in [2.45, 2.75) is 12.8 Å². The van der Waals surface area contributed by atoms with Crippen LogP contribution in [0.15, 0.2) is 34.7 Å². The van der Waals surface area contributed by atoms with Gasteiger partial charge in [-0.15, -0.1) is 0 Å². The van der Waals surface area contributed by atoms with Crippen LogP contribution in [0.4, 0.5) is 5.82 Å². The van der Waals surface area contributed by atoms with Crippen molar-refractivity contribution in [1.29, 1.82) is 0 Å². The first-order valence-corrected chi connectivity index (χ1v) is 14.9. The highest BCUT2D eigenvalue weighted by Crippen LogP contribution is 2.35. The number of amides is 1. The predicted molar refractivity (Wildman–Crippen MR) is 137 cm³/mol. The van der Waals surface area contributed by atoms with Crippen LogP contribution in [0.2, 0.25) is 5.02 Å². The van der Waals surface area contributed by atoms with Crippen molar-refractivity contribution in [2.75, 3.05) is 29.5 Å². The standard InChI is InChI=1S/C20H21ClIN3O6S2/c1-23-19(26)16-14-11-15(22)18(25-33(29,30)10-4-3-9-32(2,27)28)24-20(14)31-17(16)12-5-7-13(21)8-6-12/h5-8,11H,3-4,9-10H2,1-2H3,(H,23,26)(H,24,25). The Bertz CT molecular complexity index is 1400. The molecule has 2 heterocycles. The molecule has 2 N–H and O–H groups in total. The lowest BCUT2D eigenvalue weighted by Crippen LogP contribution is -2.19. The fourth-order valence-electron chi connectivity index (χ4n) is 3.08. The molecule has 0 aliphatic rings. The number of pyridine rings is 1. The summed E-state index contributed by atoms with van der Waals surface area (Å²) in [4.78, 5) is 16.9. The van der Waals surface area contributed by atoms with Crippen LogP contribution in [0.1, 0.15) is 23.2 Å². The van der Waals surface area contributed by atoms with Gasteiger partial charge in [0.15, 0.2) is 5.82 Å². The summed E-state index contributed by atoms with van der Waals surface area (Å²) in [5, 5.41) is 3.54. The molecule has 9 nitrogen and oxygen atoms in total. The average Bonchev–Trinajstić information content (AvgIpc) is 3.08. The summed E-state index contributed by atoms with van der Waals surface area (Å²) in [5.41, 5.74) is 0.975. The Morgan fingerprint density at radius 3 is 2.36 bits per heavy atom.